The molecule has 3 N–H and O–H groups in total. The van der Waals surface area contributed by atoms with Gasteiger partial charge in [0.2, 0.25) is 5.88 Å². The van der Waals surface area contributed by atoms with Gasteiger partial charge in [0.15, 0.2) is 5.82 Å². The van der Waals surface area contributed by atoms with E-state index in [-0.39, 0.29) is 0 Å². The smallest absolute Gasteiger partial charge is 0.248 e. The van der Waals surface area contributed by atoms with Crippen LogP contribution in [0.25, 0.3) is 10.9 Å². The molecule has 0 aliphatic rings. The zero-order valence-corrected chi connectivity index (χ0v) is 16.0. The average Bonchev–Trinajstić information content (AvgIpc) is 2.64. The summed E-state index contributed by atoms with van der Waals surface area (Å²) >= 11 is 0. The van der Waals surface area contributed by atoms with Crippen LogP contribution in [0, 0.1) is 20.8 Å². The summed E-state index contributed by atoms with van der Waals surface area (Å²) < 4.78 is 5.92. The Hall–Kier alpha value is -3.67. The molecule has 4 aromatic rings. The summed E-state index contributed by atoms with van der Waals surface area (Å²) in [5.41, 5.74) is 11.5. The molecule has 0 spiro atoms. The first kappa shape index (κ1) is 17.7. The number of ether oxygens (including phenoxy) is 1. The van der Waals surface area contributed by atoms with Crippen LogP contribution in [0.15, 0.2) is 54.9 Å². The molecule has 0 fully saturated rings. The Kier molecular flexibility index (Phi) is 4.53. The molecular formula is C22H21N5O. The van der Waals surface area contributed by atoms with Crippen molar-refractivity contribution >= 4 is 28.1 Å². The summed E-state index contributed by atoms with van der Waals surface area (Å²) in [7, 11) is 0. The van der Waals surface area contributed by atoms with Crippen molar-refractivity contribution in [3.63, 3.8) is 0 Å². The second kappa shape index (κ2) is 7.15. The van der Waals surface area contributed by atoms with Crippen molar-refractivity contribution in [2.75, 3.05) is 11.1 Å². The first-order valence-electron chi connectivity index (χ1n) is 8.99. The van der Waals surface area contributed by atoms with E-state index in [4.69, 9.17) is 10.5 Å². The van der Waals surface area contributed by atoms with Crippen molar-refractivity contribution in [2.45, 2.75) is 20.8 Å². The van der Waals surface area contributed by atoms with E-state index < -0.39 is 0 Å². The quantitative estimate of drug-likeness (QED) is 0.521. The largest absolute Gasteiger partial charge is 0.437 e. The number of aromatic nitrogens is 3. The van der Waals surface area contributed by atoms with Crippen LogP contribution in [-0.4, -0.2) is 15.0 Å². The van der Waals surface area contributed by atoms with E-state index in [1.807, 2.05) is 63.2 Å². The minimum atomic E-state index is 0.312. The zero-order valence-electron chi connectivity index (χ0n) is 16.0. The Morgan fingerprint density at radius 3 is 2.50 bits per heavy atom. The molecule has 0 radical (unpaired) electrons. The van der Waals surface area contributed by atoms with Gasteiger partial charge < -0.3 is 15.8 Å². The summed E-state index contributed by atoms with van der Waals surface area (Å²) in [6, 6.07) is 15.9. The van der Waals surface area contributed by atoms with Crippen LogP contribution < -0.4 is 15.8 Å². The minimum absolute atomic E-state index is 0.312. The molecule has 0 unspecified atom stereocenters. The van der Waals surface area contributed by atoms with E-state index in [0.29, 0.717) is 23.1 Å². The highest BCUT2D eigenvalue weighted by Crippen LogP contribution is 2.33. The lowest BCUT2D eigenvalue weighted by Crippen LogP contribution is -2.04. The van der Waals surface area contributed by atoms with Crippen molar-refractivity contribution in [2.24, 2.45) is 0 Å². The van der Waals surface area contributed by atoms with Crippen LogP contribution in [0.2, 0.25) is 0 Å². The topological polar surface area (TPSA) is 86.0 Å². The number of para-hydroxylation sites is 1. The number of aryl methyl sites for hydroxylation is 3. The van der Waals surface area contributed by atoms with E-state index in [9.17, 15) is 0 Å². The van der Waals surface area contributed by atoms with Crippen molar-refractivity contribution < 1.29 is 4.74 Å². The third kappa shape index (κ3) is 3.57. The molecule has 4 rings (SSSR count). The Morgan fingerprint density at radius 2 is 1.71 bits per heavy atom. The number of nitrogen functional groups attached to an aromatic ring is 1. The van der Waals surface area contributed by atoms with Gasteiger partial charge in [-0.25, -0.2) is 4.98 Å². The van der Waals surface area contributed by atoms with Crippen LogP contribution in [-0.2, 0) is 0 Å². The van der Waals surface area contributed by atoms with Crippen molar-refractivity contribution in [1.29, 1.82) is 0 Å². The molecule has 0 aliphatic carbocycles. The molecule has 28 heavy (non-hydrogen) atoms. The second-order valence-electron chi connectivity index (χ2n) is 6.82. The van der Waals surface area contributed by atoms with Gasteiger partial charge in [-0.05, 0) is 56.2 Å². The maximum atomic E-state index is 6.30. The monoisotopic (exact) mass is 371 g/mol. The van der Waals surface area contributed by atoms with Crippen LogP contribution in [0.1, 0.15) is 16.8 Å². The molecule has 0 bridgehead atoms. The highest BCUT2D eigenvalue weighted by Gasteiger charge is 2.13. The van der Waals surface area contributed by atoms with Crippen LogP contribution in [0.5, 0.6) is 11.6 Å². The molecule has 2 aromatic heterocycles. The fraction of sp³-hybridized carbons (Fsp3) is 0.136. The Bertz CT molecular complexity index is 1150. The molecule has 6 heteroatoms. The normalized spacial score (nSPS) is 10.8. The Labute approximate surface area is 163 Å². The molecule has 0 aliphatic heterocycles. The number of anilines is 3. The first-order chi connectivity index (χ1) is 13.5. The molecule has 2 heterocycles. The molecule has 140 valence electrons. The van der Waals surface area contributed by atoms with Gasteiger partial charge in [-0.1, -0.05) is 24.3 Å². The number of nitrogens with zero attached hydrogens (tertiary/aromatic N) is 3. The van der Waals surface area contributed by atoms with Gasteiger partial charge in [0.1, 0.15) is 17.8 Å². The molecule has 0 saturated heterocycles. The summed E-state index contributed by atoms with van der Waals surface area (Å²) in [5.74, 6) is 1.48. The van der Waals surface area contributed by atoms with Crippen LogP contribution in [0.4, 0.5) is 17.2 Å². The summed E-state index contributed by atoms with van der Waals surface area (Å²) in [6.45, 7) is 6.00. The van der Waals surface area contributed by atoms with Gasteiger partial charge in [0.25, 0.3) is 0 Å². The molecule has 6 nitrogen and oxygen atoms in total. The third-order valence-electron chi connectivity index (χ3n) is 4.37. The lowest BCUT2D eigenvalue weighted by molar-refractivity contribution is 0.464. The SMILES string of the molecule is Cc1cc(C)cc(Oc2ncnc(Nc3cccc4ccc(C)nc34)c2N)c1. The Balaban J connectivity index is 1.69. The molecule has 0 saturated carbocycles. The highest BCUT2D eigenvalue weighted by molar-refractivity contribution is 5.93. The number of benzene rings is 2. The molecule has 0 amide bonds. The van der Waals surface area contributed by atoms with E-state index in [2.05, 4.69) is 26.3 Å². The molecule has 0 atom stereocenters. The van der Waals surface area contributed by atoms with Crippen LogP contribution >= 0.6 is 0 Å². The zero-order chi connectivity index (χ0) is 19.7. The number of fused-ring (bicyclic) bond motifs is 1. The maximum Gasteiger partial charge on any atom is 0.248 e. The van der Waals surface area contributed by atoms with E-state index >= 15 is 0 Å². The number of hydrogen-bond donors (Lipinski definition) is 2. The van der Waals surface area contributed by atoms with Gasteiger partial charge >= 0.3 is 0 Å². The highest BCUT2D eigenvalue weighted by atomic mass is 16.5. The van der Waals surface area contributed by atoms with E-state index in [1.165, 1.54) is 6.33 Å². The second-order valence-corrected chi connectivity index (χ2v) is 6.82. The van der Waals surface area contributed by atoms with Crippen molar-refractivity contribution in [3.8, 4) is 11.6 Å². The maximum absolute atomic E-state index is 6.30. The predicted molar refractivity (Wildman–Crippen MR) is 112 cm³/mol. The molecular weight excluding hydrogens is 350 g/mol. The fourth-order valence-corrected chi connectivity index (χ4v) is 3.14. The van der Waals surface area contributed by atoms with Gasteiger partial charge in [-0.2, -0.15) is 4.98 Å². The van der Waals surface area contributed by atoms with Gasteiger partial charge in [0.05, 0.1) is 11.2 Å². The van der Waals surface area contributed by atoms with E-state index in [1.54, 1.807) is 0 Å². The number of pyridine rings is 1. The third-order valence-corrected chi connectivity index (χ3v) is 4.37. The summed E-state index contributed by atoms with van der Waals surface area (Å²) in [4.78, 5) is 13.1. The van der Waals surface area contributed by atoms with Crippen LogP contribution in [0.3, 0.4) is 0 Å². The average molecular weight is 371 g/mol. The number of rotatable bonds is 4. The predicted octanol–water partition coefficient (Wildman–Crippen LogP) is 5.07. The standard InChI is InChI=1S/C22H21N5O/c1-13-9-14(2)11-17(10-13)28-22-19(23)21(24-12-25-22)27-18-6-4-5-16-8-7-15(3)26-20(16)18/h4-12H,23H2,1-3H3,(H,24,25,27). The number of nitrogens with two attached hydrogens (primary N) is 1. The Morgan fingerprint density at radius 1 is 0.929 bits per heavy atom. The number of nitrogens with one attached hydrogen (secondary N) is 1. The van der Waals surface area contributed by atoms with Gasteiger partial charge in [-0.3, -0.25) is 4.98 Å². The van der Waals surface area contributed by atoms with E-state index in [0.717, 1.165) is 33.4 Å². The molecule has 2 aromatic carbocycles. The van der Waals surface area contributed by atoms with Gasteiger partial charge in [-0.15, -0.1) is 0 Å². The van der Waals surface area contributed by atoms with Gasteiger partial charge in [0, 0.05) is 11.1 Å². The minimum Gasteiger partial charge on any atom is -0.437 e. The lowest BCUT2D eigenvalue weighted by Gasteiger charge is -2.13. The fourth-order valence-electron chi connectivity index (χ4n) is 3.14. The first-order valence-corrected chi connectivity index (χ1v) is 8.99. The summed E-state index contributed by atoms with van der Waals surface area (Å²) in [6.07, 6.45) is 1.43. The van der Waals surface area contributed by atoms with Crippen molar-refractivity contribution in [1.82, 2.24) is 15.0 Å². The van der Waals surface area contributed by atoms with Crippen molar-refractivity contribution in [3.05, 3.63) is 71.7 Å². The number of hydrogen-bond acceptors (Lipinski definition) is 6. The summed E-state index contributed by atoms with van der Waals surface area (Å²) in [5, 5.41) is 4.31. The lowest BCUT2D eigenvalue weighted by atomic mass is 10.1.